The highest BCUT2D eigenvalue weighted by atomic mass is 16.5. The molecule has 0 saturated carbocycles. The molecule has 4 N–H and O–H groups in total. The standard InChI is InChI=1S/C26H57N3O2/c1-20(28)29(14)19-26(12,13)31-24(8,9)16-21(2,3)15-23(6,7)30-25(10,11)17-22(4,5)18-27/h20H,15-19,27-28H2,1-14H3. The van der Waals surface area contributed by atoms with Gasteiger partial charge in [0.2, 0.25) is 0 Å². The van der Waals surface area contributed by atoms with Crippen LogP contribution in [0.5, 0.6) is 0 Å². The molecule has 0 aliphatic heterocycles. The number of nitrogens with two attached hydrogens (primary N) is 2. The summed E-state index contributed by atoms with van der Waals surface area (Å²) >= 11 is 0. The summed E-state index contributed by atoms with van der Waals surface area (Å²) in [6.45, 7) is 30.0. The molecule has 0 aromatic heterocycles. The molecular formula is C26H57N3O2. The van der Waals surface area contributed by atoms with E-state index in [-0.39, 0.29) is 39.4 Å². The van der Waals surface area contributed by atoms with Gasteiger partial charge in [0.25, 0.3) is 0 Å². The normalized spacial score (nSPS) is 16.2. The lowest BCUT2D eigenvalue weighted by atomic mass is 9.74. The molecule has 5 nitrogen and oxygen atoms in total. The van der Waals surface area contributed by atoms with Crippen LogP contribution in [0, 0.1) is 10.8 Å². The average Bonchev–Trinajstić information content (AvgIpc) is 2.39. The zero-order valence-corrected chi connectivity index (χ0v) is 23.5. The third-order valence-corrected chi connectivity index (χ3v) is 5.70. The van der Waals surface area contributed by atoms with Crippen LogP contribution in [0.4, 0.5) is 0 Å². The van der Waals surface area contributed by atoms with Gasteiger partial charge in [-0.15, -0.1) is 0 Å². The molecule has 0 aliphatic rings. The minimum Gasteiger partial charge on any atom is -0.370 e. The third-order valence-electron chi connectivity index (χ3n) is 5.70. The van der Waals surface area contributed by atoms with E-state index in [2.05, 4.69) is 88.0 Å². The number of nitrogens with zero attached hydrogens (tertiary/aromatic N) is 1. The van der Waals surface area contributed by atoms with Crippen molar-refractivity contribution in [2.45, 2.75) is 138 Å². The first-order chi connectivity index (χ1) is 13.4. The highest BCUT2D eigenvalue weighted by Gasteiger charge is 2.40. The second-order valence-corrected chi connectivity index (χ2v) is 14.0. The summed E-state index contributed by atoms with van der Waals surface area (Å²) in [6, 6.07) is 0. The summed E-state index contributed by atoms with van der Waals surface area (Å²) in [6.07, 6.45) is 2.82. The number of hydrogen-bond acceptors (Lipinski definition) is 5. The molecule has 0 bridgehead atoms. The Morgan fingerprint density at radius 2 is 0.968 bits per heavy atom. The minimum atomic E-state index is -0.288. The predicted octanol–water partition coefficient (Wildman–Crippen LogP) is 5.55. The van der Waals surface area contributed by atoms with E-state index in [1.807, 2.05) is 14.0 Å². The largest absolute Gasteiger partial charge is 0.370 e. The maximum atomic E-state index is 6.68. The van der Waals surface area contributed by atoms with E-state index < -0.39 is 0 Å². The van der Waals surface area contributed by atoms with Gasteiger partial charge in [0.05, 0.1) is 28.6 Å². The van der Waals surface area contributed by atoms with Gasteiger partial charge in [0.15, 0.2) is 0 Å². The summed E-state index contributed by atoms with van der Waals surface area (Å²) in [5.41, 5.74) is 11.1. The third kappa shape index (κ3) is 13.2. The van der Waals surface area contributed by atoms with Crippen LogP contribution in [-0.4, -0.2) is 53.6 Å². The maximum Gasteiger partial charge on any atom is 0.0760 e. The molecule has 0 radical (unpaired) electrons. The Morgan fingerprint density at radius 3 is 1.29 bits per heavy atom. The number of ether oxygens (including phenoxy) is 2. The molecule has 0 amide bonds. The van der Waals surface area contributed by atoms with Crippen molar-refractivity contribution in [1.82, 2.24) is 4.90 Å². The van der Waals surface area contributed by atoms with E-state index in [1.165, 1.54) is 0 Å². The Bertz CT molecular complexity index is 549. The van der Waals surface area contributed by atoms with Crippen molar-refractivity contribution in [3.63, 3.8) is 0 Å². The molecule has 0 spiro atoms. The molecule has 0 aromatic rings. The first-order valence-corrected chi connectivity index (χ1v) is 12.0. The van der Waals surface area contributed by atoms with Gasteiger partial charge in [-0.25, -0.2) is 0 Å². The first-order valence-electron chi connectivity index (χ1n) is 12.0. The van der Waals surface area contributed by atoms with Crippen LogP contribution < -0.4 is 11.5 Å². The molecule has 5 heteroatoms. The Kier molecular flexibility index (Phi) is 10.3. The zero-order chi connectivity index (χ0) is 25.1. The average molecular weight is 444 g/mol. The van der Waals surface area contributed by atoms with Gasteiger partial charge >= 0.3 is 0 Å². The monoisotopic (exact) mass is 443 g/mol. The molecular weight excluding hydrogens is 386 g/mol. The lowest BCUT2D eigenvalue weighted by Crippen LogP contribution is -2.50. The maximum absolute atomic E-state index is 6.68. The fourth-order valence-corrected chi connectivity index (χ4v) is 5.97. The SMILES string of the molecule is CC(N)N(C)CC(C)(C)OC(C)(C)CC(C)(C)CC(C)(C)OC(C)(C)CC(C)(C)CN. The molecule has 0 aliphatic carbocycles. The second kappa shape index (κ2) is 10.4. The molecule has 188 valence electrons. The van der Waals surface area contributed by atoms with Crippen molar-refractivity contribution in [1.29, 1.82) is 0 Å². The molecule has 1 unspecified atom stereocenters. The van der Waals surface area contributed by atoms with Gasteiger partial charge in [-0.3, -0.25) is 4.90 Å². The van der Waals surface area contributed by atoms with Crippen molar-refractivity contribution in [2.24, 2.45) is 22.3 Å². The van der Waals surface area contributed by atoms with Crippen molar-refractivity contribution >= 4 is 0 Å². The summed E-state index contributed by atoms with van der Waals surface area (Å²) in [7, 11) is 2.04. The second-order valence-electron chi connectivity index (χ2n) is 14.0. The summed E-state index contributed by atoms with van der Waals surface area (Å²) in [4.78, 5) is 2.13. The summed E-state index contributed by atoms with van der Waals surface area (Å²) < 4.78 is 13.3. The van der Waals surface area contributed by atoms with E-state index in [9.17, 15) is 0 Å². The Hall–Kier alpha value is -0.200. The molecule has 31 heavy (non-hydrogen) atoms. The van der Waals surface area contributed by atoms with Gasteiger partial charge in [0, 0.05) is 6.54 Å². The lowest BCUT2D eigenvalue weighted by Gasteiger charge is -2.46. The van der Waals surface area contributed by atoms with Gasteiger partial charge in [-0.05, 0) is 106 Å². The minimum absolute atomic E-state index is 0.00739. The quantitative estimate of drug-likeness (QED) is 0.344. The summed E-state index contributed by atoms with van der Waals surface area (Å²) in [5.74, 6) is 0. The molecule has 1 atom stereocenters. The van der Waals surface area contributed by atoms with Crippen molar-refractivity contribution in [2.75, 3.05) is 20.1 Å². The van der Waals surface area contributed by atoms with E-state index >= 15 is 0 Å². The number of rotatable bonds is 14. The molecule has 0 saturated heterocycles. The van der Waals surface area contributed by atoms with E-state index in [0.29, 0.717) is 6.54 Å². The lowest BCUT2D eigenvalue weighted by molar-refractivity contribution is -0.169. The van der Waals surface area contributed by atoms with Crippen LogP contribution in [0.25, 0.3) is 0 Å². The van der Waals surface area contributed by atoms with Crippen LogP contribution in [0.3, 0.4) is 0 Å². The van der Waals surface area contributed by atoms with Gasteiger partial charge < -0.3 is 20.9 Å². The fourth-order valence-electron chi connectivity index (χ4n) is 5.97. The number of likely N-dealkylation sites (N-methyl/N-ethyl adjacent to an activating group) is 1. The van der Waals surface area contributed by atoms with E-state index in [0.717, 1.165) is 25.8 Å². The van der Waals surface area contributed by atoms with Crippen LogP contribution in [0.15, 0.2) is 0 Å². The van der Waals surface area contributed by atoms with Crippen LogP contribution >= 0.6 is 0 Å². The Morgan fingerprint density at radius 1 is 0.645 bits per heavy atom. The topological polar surface area (TPSA) is 73.7 Å². The Labute approximate surface area is 195 Å². The van der Waals surface area contributed by atoms with Crippen LogP contribution in [0.2, 0.25) is 0 Å². The van der Waals surface area contributed by atoms with Gasteiger partial charge in [-0.2, -0.15) is 0 Å². The van der Waals surface area contributed by atoms with Crippen molar-refractivity contribution in [3.8, 4) is 0 Å². The zero-order valence-electron chi connectivity index (χ0n) is 23.5. The molecule has 0 aromatic carbocycles. The summed E-state index contributed by atoms with van der Waals surface area (Å²) in [5, 5.41) is 0. The van der Waals surface area contributed by atoms with Gasteiger partial charge in [-0.1, -0.05) is 27.7 Å². The van der Waals surface area contributed by atoms with Gasteiger partial charge in [0.1, 0.15) is 0 Å². The molecule has 0 heterocycles. The predicted molar refractivity (Wildman–Crippen MR) is 135 cm³/mol. The Balaban J connectivity index is 5.17. The molecule has 0 rings (SSSR count). The fraction of sp³-hybridized carbons (Fsp3) is 1.00. The number of hydrogen-bond donors (Lipinski definition) is 2. The van der Waals surface area contributed by atoms with Crippen molar-refractivity contribution < 1.29 is 9.47 Å². The first kappa shape index (κ1) is 30.8. The van der Waals surface area contributed by atoms with E-state index in [1.54, 1.807) is 0 Å². The van der Waals surface area contributed by atoms with Crippen LogP contribution in [-0.2, 0) is 9.47 Å². The van der Waals surface area contributed by atoms with Crippen molar-refractivity contribution in [3.05, 3.63) is 0 Å². The van der Waals surface area contributed by atoms with E-state index in [4.69, 9.17) is 20.9 Å². The highest BCUT2D eigenvalue weighted by molar-refractivity contribution is 4.91. The molecule has 0 fully saturated rings. The highest BCUT2D eigenvalue weighted by Crippen LogP contribution is 2.42. The smallest absolute Gasteiger partial charge is 0.0760 e. The van der Waals surface area contributed by atoms with Crippen LogP contribution in [0.1, 0.15) is 109 Å².